The molecule has 1 aliphatic heterocycles. The molecule has 2 N–H and O–H groups in total. The molecule has 0 aromatic rings. The van der Waals surface area contributed by atoms with E-state index < -0.39 is 40.5 Å². The minimum absolute atomic E-state index is 0.0144. The molecule has 0 aromatic carbocycles. The fraction of sp³-hybridized carbons (Fsp3) is 0.833. The summed E-state index contributed by atoms with van der Waals surface area (Å²) in [5, 5.41) is 21.8. The number of likely N-dealkylation sites (tertiary alicyclic amines) is 1. The van der Waals surface area contributed by atoms with Crippen molar-refractivity contribution < 1.29 is 24.2 Å². The molecule has 5 nitrogen and oxygen atoms in total. The van der Waals surface area contributed by atoms with E-state index in [1.54, 1.807) is 12.2 Å². The summed E-state index contributed by atoms with van der Waals surface area (Å²) in [6.07, 6.45) is 5.97. The molecule has 0 bridgehead atoms. The molecule has 4 fully saturated rings. The van der Waals surface area contributed by atoms with Gasteiger partial charge < -0.3 is 15.1 Å². The fourth-order valence-corrected chi connectivity index (χ4v) is 9.58. The number of hydrogen-bond donors (Lipinski definition) is 2. The Labute approximate surface area is 256 Å². The van der Waals surface area contributed by atoms with Crippen LogP contribution in [-0.4, -0.2) is 64.7 Å². The lowest BCUT2D eigenvalue weighted by Gasteiger charge is -2.64. The van der Waals surface area contributed by atoms with E-state index in [-0.39, 0.29) is 41.2 Å². The number of nitrogens with zero attached hydrogens (tertiary/aromatic N) is 1. The Morgan fingerprint density at radius 3 is 2.21 bits per heavy atom. The van der Waals surface area contributed by atoms with Gasteiger partial charge in [-0.1, -0.05) is 87.8 Å². The Morgan fingerprint density at radius 1 is 1.07 bits per heavy atom. The first kappa shape index (κ1) is 36.8. The van der Waals surface area contributed by atoms with Gasteiger partial charge in [-0.3, -0.25) is 9.59 Å². The Kier molecular flexibility index (Phi) is 11.7. The molecule has 1 heterocycles. The molecule has 1 saturated heterocycles. The molecule has 242 valence electrons. The summed E-state index contributed by atoms with van der Waals surface area (Å²) in [4.78, 5) is 28.2. The van der Waals surface area contributed by atoms with Gasteiger partial charge in [0.25, 0.3) is 0 Å². The smallest absolute Gasteiger partial charge is 0.178 e. The van der Waals surface area contributed by atoms with E-state index in [0.717, 1.165) is 31.5 Å². The summed E-state index contributed by atoms with van der Waals surface area (Å²) < 4.78 is 17.6. The minimum atomic E-state index is -1.90. The van der Waals surface area contributed by atoms with Crippen LogP contribution in [0.25, 0.3) is 0 Å². The lowest BCUT2D eigenvalue weighted by atomic mass is 9.42. The number of carbonyl (C=O) groups is 2. The summed E-state index contributed by atoms with van der Waals surface area (Å²) in [7, 11) is 0. The molecule has 5 rings (SSSR count). The summed E-state index contributed by atoms with van der Waals surface area (Å²) >= 11 is 0. The minimum Gasteiger partial charge on any atom is -0.390 e. The van der Waals surface area contributed by atoms with Crippen LogP contribution in [0.5, 0.6) is 0 Å². The standard InChI is InChI=1S/C30H44FNO4.3C2H6/c1-18-11-23-22-12-19-15-32(10-9-26(2,3)4)17-29(19,25(36)16-33)28(22,6)14-24(35)30(23,31)27(5)8-7-20(34)13-21(18)27;3*1-2/h7-8,13,18-19,22-24,33,35H,9-12,14-17H2,1-6H3;3*1-2H3/t18-,19-,22?,23-,24-,27-,28-,29+,30-;;;/m0.../s1. The maximum Gasteiger partial charge on any atom is 0.178 e. The second kappa shape index (κ2) is 13.3. The number of allylic oxidation sites excluding steroid dienone is 4. The summed E-state index contributed by atoms with van der Waals surface area (Å²) in [5.41, 5.74) is -3.36. The van der Waals surface area contributed by atoms with Crippen molar-refractivity contribution in [3.63, 3.8) is 0 Å². The predicted molar refractivity (Wildman–Crippen MR) is 171 cm³/mol. The molecule has 6 heteroatoms. The highest BCUT2D eigenvalue weighted by molar-refractivity contribution is 6.01. The Balaban J connectivity index is 0.000000966. The molecule has 5 aliphatic rings. The first-order chi connectivity index (χ1) is 19.6. The van der Waals surface area contributed by atoms with Gasteiger partial charge in [0.15, 0.2) is 17.2 Å². The molecule has 0 amide bonds. The molecule has 42 heavy (non-hydrogen) atoms. The number of hydrogen-bond acceptors (Lipinski definition) is 5. The van der Waals surface area contributed by atoms with Gasteiger partial charge in [0.05, 0.1) is 11.5 Å². The molecule has 3 saturated carbocycles. The summed E-state index contributed by atoms with van der Waals surface area (Å²) in [5.74, 6) is -0.690. The zero-order valence-corrected chi connectivity index (χ0v) is 28.8. The maximum absolute atomic E-state index is 17.6. The second-order valence-electron chi connectivity index (χ2n) is 14.3. The van der Waals surface area contributed by atoms with Crippen LogP contribution in [0.2, 0.25) is 0 Å². The van der Waals surface area contributed by atoms with Crippen LogP contribution >= 0.6 is 0 Å². The topological polar surface area (TPSA) is 77.8 Å². The van der Waals surface area contributed by atoms with Crippen molar-refractivity contribution in [2.45, 2.75) is 121 Å². The number of carbonyl (C=O) groups excluding carboxylic acids is 2. The summed E-state index contributed by atoms with van der Waals surface area (Å²) in [6, 6.07) is 0. The number of ketones is 2. The van der Waals surface area contributed by atoms with Crippen molar-refractivity contribution in [1.29, 1.82) is 0 Å². The van der Waals surface area contributed by atoms with Gasteiger partial charge in [-0.15, -0.1) is 0 Å². The number of rotatable bonds is 4. The van der Waals surface area contributed by atoms with E-state index in [9.17, 15) is 19.8 Å². The Bertz CT molecular complexity index is 1030. The molecular weight excluding hydrogens is 529 g/mol. The third kappa shape index (κ3) is 5.40. The lowest BCUT2D eigenvalue weighted by Crippen LogP contribution is -2.69. The van der Waals surface area contributed by atoms with Crippen molar-refractivity contribution >= 4 is 11.6 Å². The van der Waals surface area contributed by atoms with Crippen LogP contribution in [0.3, 0.4) is 0 Å². The molecule has 4 aliphatic carbocycles. The van der Waals surface area contributed by atoms with Crippen molar-refractivity contribution in [1.82, 2.24) is 4.90 Å². The number of fused-ring (bicyclic) bond motifs is 7. The van der Waals surface area contributed by atoms with Gasteiger partial charge in [-0.2, -0.15) is 0 Å². The first-order valence-electron chi connectivity index (χ1n) is 16.8. The molecule has 0 radical (unpaired) electrons. The van der Waals surface area contributed by atoms with Gasteiger partial charge in [-0.05, 0) is 79.9 Å². The molecule has 9 atom stereocenters. The highest BCUT2D eigenvalue weighted by Crippen LogP contribution is 2.74. The van der Waals surface area contributed by atoms with Gasteiger partial charge in [0.2, 0.25) is 0 Å². The lowest BCUT2D eigenvalue weighted by molar-refractivity contribution is -0.210. The molecule has 0 spiro atoms. The van der Waals surface area contributed by atoms with Gasteiger partial charge in [0.1, 0.15) is 6.61 Å². The normalized spacial score (nSPS) is 41.7. The van der Waals surface area contributed by atoms with E-state index >= 15 is 4.39 Å². The Morgan fingerprint density at radius 2 is 1.67 bits per heavy atom. The zero-order chi connectivity index (χ0) is 32.5. The van der Waals surface area contributed by atoms with Gasteiger partial charge in [-0.25, -0.2) is 4.39 Å². The molecule has 0 aromatic heterocycles. The highest BCUT2D eigenvalue weighted by atomic mass is 19.1. The van der Waals surface area contributed by atoms with Crippen LogP contribution in [0.4, 0.5) is 4.39 Å². The molecular formula is C36H62FNO4. The number of alkyl halides is 1. The largest absolute Gasteiger partial charge is 0.390 e. The van der Waals surface area contributed by atoms with Crippen molar-refractivity contribution in [3.05, 3.63) is 23.8 Å². The first-order valence-corrected chi connectivity index (χ1v) is 16.8. The monoisotopic (exact) mass is 591 g/mol. The van der Waals surface area contributed by atoms with Crippen LogP contribution in [0, 0.1) is 45.3 Å². The number of Topliss-reactive ketones (excluding diaryl/α,β-unsaturated/α-hetero) is 1. The fourth-order valence-electron chi connectivity index (χ4n) is 9.58. The third-order valence-electron chi connectivity index (χ3n) is 11.4. The van der Waals surface area contributed by atoms with E-state index in [4.69, 9.17) is 0 Å². The molecule has 1 unspecified atom stereocenters. The van der Waals surface area contributed by atoms with Crippen molar-refractivity contribution in [2.24, 2.45) is 45.3 Å². The van der Waals surface area contributed by atoms with Crippen molar-refractivity contribution in [2.75, 3.05) is 26.2 Å². The SMILES string of the molecule is CC.CC.CC.C[C@H]1C[C@H]2C3C[C@H]4CN(CCC(C)(C)C)C[C@@]4(C(=O)CO)[C@@]3(C)C[C@H](O)[C@]2(F)[C@@]2(C)C=CC(=O)C=C12. The van der Waals surface area contributed by atoms with E-state index in [1.165, 1.54) is 6.08 Å². The average molecular weight is 592 g/mol. The van der Waals surface area contributed by atoms with Gasteiger partial charge in [0, 0.05) is 24.4 Å². The third-order valence-corrected chi connectivity index (χ3v) is 11.4. The second-order valence-corrected chi connectivity index (χ2v) is 14.3. The van der Waals surface area contributed by atoms with Crippen molar-refractivity contribution in [3.8, 4) is 0 Å². The van der Waals surface area contributed by atoms with E-state index in [2.05, 4.69) is 39.5 Å². The van der Waals surface area contributed by atoms with Crippen LogP contribution in [-0.2, 0) is 9.59 Å². The zero-order valence-electron chi connectivity index (χ0n) is 28.8. The van der Waals surface area contributed by atoms with E-state index in [1.807, 2.05) is 48.5 Å². The number of aliphatic hydroxyl groups excluding tert-OH is 2. The van der Waals surface area contributed by atoms with E-state index in [0.29, 0.717) is 13.0 Å². The van der Waals surface area contributed by atoms with Gasteiger partial charge >= 0.3 is 0 Å². The average Bonchev–Trinajstić information content (AvgIpc) is 3.45. The quantitative estimate of drug-likeness (QED) is 0.361. The maximum atomic E-state index is 17.6. The highest BCUT2D eigenvalue weighted by Gasteiger charge is 2.77. The predicted octanol–water partition coefficient (Wildman–Crippen LogP) is 7.21. The van der Waals surface area contributed by atoms with Crippen LogP contribution in [0.1, 0.15) is 109 Å². The number of halogens is 1. The van der Waals surface area contributed by atoms with Crippen LogP contribution in [0.15, 0.2) is 23.8 Å². The van der Waals surface area contributed by atoms with Crippen LogP contribution < -0.4 is 0 Å². The summed E-state index contributed by atoms with van der Waals surface area (Å²) in [6.45, 7) is 26.4. The number of aliphatic hydroxyl groups is 2. The Hall–Kier alpha value is -1.37.